The van der Waals surface area contributed by atoms with Gasteiger partial charge in [-0.05, 0) is 24.3 Å². The van der Waals surface area contributed by atoms with Crippen molar-refractivity contribution >= 4 is 27.4 Å². The largest absolute Gasteiger partial charge is 0.417 e. The van der Waals surface area contributed by atoms with E-state index >= 15 is 0 Å². The zero-order valence-corrected chi connectivity index (χ0v) is 14.6. The van der Waals surface area contributed by atoms with E-state index in [1.165, 1.54) is 0 Å². The number of carbonyl (C=O) groups is 1. The molecule has 0 unspecified atom stereocenters. The van der Waals surface area contributed by atoms with Crippen molar-refractivity contribution in [1.82, 2.24) is 4.98 Å². The second-order valence-electron chi connectivity index (χ2n) is 5.52. The van der Waals surface area contributed by atoms with Crippen LogP contribution in [-0.2, 0) is 22.4 Å². The first-order valence-electron chi connectivity index (χ1n) is 7.20. The molecule has 0 aliphatic heterocycles. The van der Waals surface area contributed by atoms with Crippen LogP contribution in [0.3, 0.4) is 0 Å². The summed E-state index contributed by atoms with van der Waals surface area (Å²) in [7, 11) is -3.97. The quantitative estimate of drug-likeness (QED) is 0.728. The molecule has 2 N–H and O–H groups in total. The van der Waals surface area contributed by atoms with Gasteiger partial charge in [0.15, 0.2) is 5.82 Å². The summed E-state index contributed by atoms with van der Waals surface area (Å²) in [6, 6.07) is 3.57. The first kappa shape index (κ1) is 21.5. The van der Waals surface area contributed by atoms with Gasteiger partial charge in [-0.15, -0.1) is 0 Å². The number of nitrogens with one attached hydrogen (secondary N) is 2. The maximum atomic E-state index is 12.9. The molecule has 0 aliphatic rings. The van der Waals surface area contributed by atoms with Gasteiger partial charge in [0.1, 0.15) is 0 Å². The number of sulfonamides is 1. The van der Waals surface area contributed by atoms with Crippen LogP contribution in [0.4, 0.5) is 37.8 Å². The predicted octanol–water partition coefficient (Wildman–Crippen LogP) is 3.74. The van der Waals surface area contributed by atoms with E-state index in [0.717, 1.165) is 12.1 Å². The minimum absolute atomic E-state index is 0.341. The molecule has 2 rings (SSSR count). The number of hydrogen-bond donors (Lipinski definition) is 2. The van der Waals surface area contributed by atoms with Crippen molar-refractivity contribution in [3.63, 3.8) is 0 Å². The fourth-order valence-corrected chi connectivity index (χ4v) is 2.52. The van der Waals surface area contributed by atoms with Crippen LogP contribution in [0.2, 0.25) is 0 Å². The van der Waals surface area contributed by atoms with E-state index in [1.807, 2.05) is 10.0 Å². The summed E-state index contributed by atoms with van der Waals surface area (Å²) in [5.74, 6) is -1.82. The normalized spacial score (nSPS) is 12.5. The van der Waals surface area contributed by atoms with Crippen molar-refractivity contribution in [2.45, 2.75) is 12.4 Å². The van der Waals surface area contributed by atoms with Crippen LogP contribution in [0, 0.1) is 0 Å². The van der Waals surface area contributed by atoms with Gasteiger partial charge in [-0.25, -0.2) is 13.4 Å². The van der Waals surface area contributed by atoms with Gasteiger partial charge in [0.2, 0.25) is 10.0 Å². The van der Waals surface area contributed by atoms with Crippen LogP contribution in [-0.4, -0.2) is 25.6 Å². The van der Waals surface area contributed by atoms with Crippen LogP contribution in [0.25, 0.3) is 0 Å². The highest BCUT2D eigenvalue weighted by Crippen LogP contribution is 2.33. The monoisotopic (exact) mass is 427 g/mol. The molecule has 0 saturated heterocycles. The smallest absolute Gasteiger partial charge is 0.319 e. The minimum atomic E-state index is -4.85. The van der Waals surface area contributed by atoms with Crippen molar-refractivity contribution < 1.29 is 39.6 Å². The molecule has 152 valence electrons. The summed E-state index contributed by atoms with van der Waals surface area (Å²) in [5.41, 5.74) is -3.62. The number of rotatable bonds is 4. The highest BCUT2D eigenvalue weighted by Gasteiger charge is 2.33. The highest BCUT2D eigenvalue weighted by atomic mass is 32.2. The maximum Gasteiger partial charge on any atom is 0.417 e. The van der Waals surface area contributed by atoms with E-state index in [9.17, 15) is 39.6 Å². The van der Waals surface area contributed by atoms with E-state index in [-0.39, 0.29) is 0 Å². The van der Waals surface area contributed by atoms with Crippen molar-refractivity contribution in [2.24, 2.45) is 0 Å². The number of halogens is 6. The standard InChI is InChI=1S/C15H11F6N3O3S/c1-28(26,27)24-12-11(6-10(7-22-12)15(19,20)21)23-13(25)8-3-2-4-9(5-8)14(16,17)18/h2-7H,1H3,(H,22,24)(H,23,25). The van der Waals surface area contributed by atoms with E-state index in [0.29, 0.717) is 30.7 Å². The van der Waals surface area contributed by atoms with Crippen molar-refractivity contribution in [3.8, 4) is 0 Å². The first-order chi connectivity index (χ1) is 12.7. The number of anilines is 2. The molecule has 0 atom stereocenters. The number of alkyl halides is 6. The van der Waals surface area contributed by atoms with Crippen LogP contribution in [0.15, 0.2) is 36.5 Å². The number of hydrogen-bond acceptors (Lipinski definition) is 4. The molecule has 1 aromatic heterocycles. The summed E-state index contributed by atoms with van der Waals surface area (Å²) < 4.78 is 101. The SMILES string of the molecule is CS(=O)(=O)Nc1ncc(C(F)(F)F)cc1NC(=O)c1cccc(C(F)(F)F)c1. The van der Waals surface area contributed by atoms with Crippen LogP contribution in [0.1, 0.15) is 21.5 Å². The lowest BCUT2D eigenvalue weighted by molar-refractivity contribution is -0.138. The van der Waals surface area contributed by atoms with Gasteiger partial charge in [0.05, 0.1) is 23.1 Å². The second kappa shape index (κ2) is 7.30. The Morgan fingerprint density at radius 1 is 1.00 bits per heavy atom. The fraction of sp³-hybridized carbons (Fsp3) is 0.200. The molecule has 0 bridgehead atoms. The number of carbonyl (C=O) groups excluding carboxylic acids is 1. The molecule has 0 aliphatic carbocycles. The Hall–Kier alpha value is -2.83. The fourth-order valence-electron chi connectivity index (χ4n) is 2.00. The second-order valence-corrected chi connectivity index (χ2v) is 7.27. The Bertz CT molecular complexity index is 1000. The van der Waals surface area contributed by atoms with E-state index in [1.54, 1.807) is 0 Å². The third kappa shape index (κ3) is 5.58. The van der Waals surface area contributed by atoms with Gasteiger partial charge in [-0.1, -0.05) is 6.07 Å². The number of aromatic nitrogens is 1. The summed E-state index contributed by atoms with van der Waals surface area (Å²) >= 11 is 0. The van der Waals surface area contributed by atoms with Gasteiger partial charge < -0.3 is 5.32 Å². The van der Waals surface area contributed by atoms with Crippen LogP contribution in [0.5, 0.6) is 0 Å². The van der Waals surface area contributed by atoms with Crippen LogP contribution < -0.4 is 10.0 Å². The Kier molecular flexibility index (Phi) is 5.59. The lowest BCUT2D eigenvalue weighted by Crippen LogP contribution is -2.19. The number of benzene rings is 1. The minimum Gasteiger partial charge on any atom is -0.319 e. The van der Waals surface area contributed by atoms with Gasteiger partial charge in [-0.2, -0.15) is 26.3 Å². The molecule has 13 heteroatoms. The zero-order chi connectivity index (χ0) is 21.3. The van der Waals surface area contributed by atoms with E-state index < -0.39 is 56.5 Å². The Balaban J connectivity index is 2.44. The molecular weight excluding hydrogens is 416 g/mol. The Morgan fingerprint density at radius 2 is 1.61 bits per heavy atom. The summed E-state index contributed by atoms with van der Waals surface area (Å²) in [6.07, 6.45) is -8.55. The average Bonchev–Trinajstić information content (AvgIpc) is 2.53. The molecule has 0 spiro atoms. The maximum absolute atomic E-state index is 12.9. The summed E-state index contributed by atoms with van der Waals surface area (Å²) in [6.45, 7) is 0. The number of amides is 1. The van der Waals surface area contributed by atoms with E-state index in [2.05, 4.69) is 4.98 Å². The van der Waals surface area contributed by atoms with Crippen LogP contribution >= 0.6 is 0 Å². The molecule has 6 nitrogen and oxygen atoms in total. The number of pyridine rings is 1. The lowest BCUT2D eigenvalue weighted by Gasteiger charge is -2.14. The summed E-state index contributed by atoms with van der Waals surface area (Å²) in [4.78, 5) is 15.5. The molecule has 1 aromatic carbocycles. The van der Waals surface area contributed by atoms with E-state index in [4.69, 9.17) is 0 Å². The highest BCUT2D eigenvalue weighted by molar-refractivity contribution is 7.92. The first-order valence-corrected chi connectivity index (χ1v) is 9.09. The Morgan fingerprint density at radius 3 is 2.14 bits per heavy atom. The Labute approximate surface area is 154 Å². The lowest BCUT2D eigenvalue weighted by atomic mass is 10.1. The zero-order valence-electron chi connectivity index (χ0n) is 13.8. The third-order valence-corrected chi connectivity index (χ3v) is 3.76. The van der Waals surface area contributed by atoms with Crippen molar-refractivity contribution in [2.75, 3.05) is 16.3 Å². The van der Waals surface area contributed by atoms with Crippen molar-refractivity contribution in [1.29, 1.82) is 0 Å². The molecule has 1 heterocycles. The van der Waals surface area contributed by atoms with Gasteiger partial charge in [-0.3, -0.25) is 9.52 Å². The van der Waals surface area contributed by atoms with Gasteiger partial charge >= 0.3 is 12.4 Å². The molecule has 28 heavy (non-hydrogen) atoms. The van der Waals surface area contributed by atoms with Gasteiger partial charge in [0.25, 0.3) is 5.91 Å². The summed E-state index contributed by atoms with van der Waals surface area (Å²) in [5, 5.41) is 1.94. The molecule has 0 fully saturated rings. The molecule has 2 aromatic rings. The van der Waals surface area contributed by atoms with Gasteiger partial charge in [0, 0.05) is 11.8 Å². The molecular formula is C15H11F6N3O3S. The van der Waals surface area contributed by atoms with Crippen molar-refractivity contribution in [3.05, 3.63) is 53.2 Å². The topological polar surface area (TPSA) is 88.2 Å². The molecule has 1 amide bonds. The third-order valence-electron chi connectivity index (χ3n) is 3.20. The predicted molar refractivity (Wildman–Crippen MR) is 87.1 cm³/mol. The average molecular weight is 427 g/mol. The number of nitrogens with zero attached hydrogens (tertiary/aromatic N) is 1. The molecule has 0 radical (unpaired) electrons. The molecule has 0 saturated carbocycles.